The maximum atomic E-state index is 3.57. The Balaban J connectivity index is 1.95. The van der Waals surface area contributed by atoms with Crippen LogP contribution < -0.4 is 10.3 Å². The molecule has 0 spiro atoms. The van der Waals surface area contributed by atoms with Gasteiger partial charge >= 0.3 is 0 Å². The Kier molecular flexibility index (Phi) is 3.02. The molecule has 2 heteroatoms. The van der Waals surface area contributed by atoms with E-state index in [9.17, 15) is 0 Å². The monoisotopic (exact) mass is 191 g/mol. The van der Waals surface area contributed by atoms with Crippen LogP contribution in [0.1, 0.15) is 37.7 Å². The van der Waals surface area contributed by atoms with Gasteiger partial charge in [-0.2, -0.15) is 0 Å². The third-order valence-electron chi connectivity index (χ3n) is 2.92. The van der Waals surface area contributed by atoms with Crippen LogP contribution in [0.25, 0.3) is 0 Å². The zero-order valence-corrected chi connectivity index (χ0v) is 8.84. The van der Waals surface area contributed by atoms with E-state index in [1.54, 1.807) is 0 Å². The van der Waals surface area contributed by atoms with E-state index in [2.05, 4.69) is 29.4 Å². The van der Waals surface area contributed by atoms with E-state index in [0.29, 0.717) is 6.04 Å². The molecule has 1 aliphatic rings. The molecule has 0 aromatic carbocycles. The highest BCUT2D eigenvalue weighted by Gasteiger charge is 2.17. The number of aromatic nitrogens is 1. The van der Waals surface area contributed by atoms with E-state index in [0.717, 1.165) is 5.82 Å². The second kappa shape index (κ2) is 4.45. The van der Waals surface area contributed by atoms with Gasteiger partial charge in [-0.25, -0.2) is 4.98 Å². The van der Waals surface area contributed by atoms with Gasteiger partial charge in [0.1, 0.15) is 0 Å². The lowest BCUT2D eigenvalue weighted by Gasteiger charge is -2.18. The van der Waals surface area contributed by atoms with Gasteiger partial charge in [-0.3, -0.25) is 5.32 Å². The predicted octanol–water partition coefficient (Wildman–Crippen LogP) is 2.55. The lowest BCUT2D eigenvalue weighted by atomic mass is 9.95. The Bertz CT molecular complexity index is 290. The molecule has 0 bridgehead atoms. The van der Waals surface area contributed by atoms with Crippen LogP contribution in [0.5, 0.6) is 0 Å². The van der Waals surface area contributed by atoms with Gasteiger partial charge in [0.2, 0.25) is 0 Å². The highest BCUT2D eigenvalue weighted by molar-refractivity contribution is 5.32. The molecule has 2 rings (SSSR count). The first-order valence-corrected chi connectivity index (χ1v) is 5.59. The fourth-order valence-electron chi connectivity index (χ4n) is 2.13. The fraction of sp³-hybridized carbons (Fsp3) is 0.583. The SMILES string of the molecule is Cc1cc[nH+]c(NC2CCCCC2)c1. The highest BCUT2D eigenvalue weighted by atomic mass is 15.0. The Morgan fingerprint density at radius 1 is 1.29 bits per heavy atom. The van der Waals surface area contributed by atoms with Crippen LogP contribution in [0.2, 0.25) is 0 Å². The van der Waals surface area contributed by atoms with Crippen LogP contribution in [0.15, 0.2) is 18.3 Å². The molecular formula is C12H19N2+. The zero-order chi connectivity index (χ0) is 9.80. The molecule has 1 saturated carbocycles. The summed E-state index contributed by atoms with van der Waals surface area (Å²) < 4.78 is 0. The van der Waals surface area contributed by atoms with Crippen molar-refractivity contribution in [2.75, 3.05) is 5.32 Å². The van der Waals surface area contributed by atoms with Crippen LogP contribution in [0.4, 0.5) is 5.82 Å². The molecule has 76 valence electrons. The third-order valence-corrected chi connectivity index (χ3v) is 2.92. The van der Waals surface area contributed by atoms with E-state index in [1.807, 2.05) is 6.20 Å². The number of hydrogen-bond donors (Lipinski definition) is 1. The number of nitrogens with one attached hydrogen (secondary N) is 2. The molecule has 0 unspecified atom stereocenters. The van der Waals surface area contributed by atoms with Crippen LogP contribution in [-0.2, 0) is 0 Å². The number of H-pyrrole nitrogens is 1. The van der Waals surface area contributed by atoms with Crippen molar-refractivity contribution >= 4 is 5.82 Å². The van der Waals surface area contributed by atoms with E-state index < -0.39 is 0 Å². The number of aromatic amines is 1. The number of anilines is 1. The second-order valence-corrected chi connectivity index (χ2v) is 4.26. The Hall–Kier alpha value is -1.05. The van der Waals surface area contributed by atoms with Gasteiger partial charge in [0.25, 0.3) is 5.82 Å². The second-order valence-electron chi connectivity index (χ2n) is 4.26. The molecule has 1 aliphatic carbocycles. The molecule has 0 atom stereocenters. The molecule has 0 radical (unpaired) electrons. The lowest BCUT2D eigenvalue weighted by molar-refractivity contribution is -0.361. The number of hydrogen-bond acceptors (Lipinski definition) is 1. The van der Waals surface area contributed by atoms with Crippen molar-refractivity contribution in [1.82, 2.24) is 0 Å². The first-order valence-electron chi connectivity index (χ1n) is 5.59. The van der Waals surface area contributed by atoms with Gasteiger partial charge in [0.15, 0.2) is 0 Å². The van der Waals surface area contributed by atoms with Crippen LogP contribution >= 0.6 is 0 Å². The lowest BCUT2D eigenvalue weighted by Crippen LogP contribution is -2.26. The van der Waals surface area contributed by atoms with Crippen LogP contribution in [0.3, 0.4) is 0 Å². The quantitative estimate of drug-likeness (QED) is 0.764. The molecule has 2 N–H and O–H groups in total. The number of rotatable bonds is 2. The van der Waals surface area contributed by atoms with Crippen molar-refractivity contribution in [3.63, 3.8) is 0 Å². The summed E-state index contributed by atoms with van der Waals surface area (Å²) in [6, 6.07) is 4.95. The van der Waals surface area contributed by atoms with E-state index >= 15 is 0 Å². The number of aryl methyl sites for hydroxylation is 1. The summed E-state index contributed by atoms with van der Waals surface area (Å²) in [5, 5.41) is 3.57. The Morgan fingerprint density at radius 3 is 2.79 bits per heavy atom. The standard InChI is InChI=1S/C12H18N2/c1-10-7-8-13-12(9-10)14-11-5-3-2-4-6-11/h7-9,11H,2-6H2,1H3,(H,13,14)/p+1. The van der Waals surface area contributed by atoms with Gasteiger partial charge in [-0.1, -0.05) is 6.42 Å². The maximum absolute atomic E-state index is 3.57. The molecule has 1 fully saturated rings. The number of pyridine rings is 1. The molecule has 14 heavy (non-hydrogen) atoms. The minimum Gasteiger partial charge on any atom is -0.272 e. The van der Waals surface area contributed by atoms with Gasteiger partial charge in [0, 0.05) is 6.07 Å². The first-order chi connectivity index (χ1) is 6.84. The van der Waals surface area contributed by atoms with Crippen molar-refractivity contribution in [2.45, 2.75) is 45.1 Å². The molecule has 0 amide bonds. The molecule has 1 aromatic rings. The third kappa shape index (κ3) is 2.47. The van der Waals surface area contributed by atoms with Crippen molar-refractivity contribution in [3.05, 3.63) is 23.9 Å². The van der Waals surface area contributed by atoms with Gasteiger partial charge in [-0.05, 0) is 44.2 Å². The minimum atomic E-state index is 0.682. The fourth-order valence-corrected chi connectivity index (χ4v) is 2.13. The topological polar surface area (TPSA) is 26.2 Å². The van der Waals surface area contributed by atoms with E-state index in [-0.39, 0.29) is 0 Å². The predicted molar refractivity (Wildman–Crippen MR) is 58.2 cm³/mol. The zero-order valence-electron chi connectivity index (χ0n) is 8.84. The average molecular weight is 191 g/mol. The normalized spacial score (nSPS) is 18.1. The van der Waals surface area contributed by atoms with Crippen molar-refractivity contribution in [1.29, 1.82) is 0 Å². The average Bonchev–Trinajstić information content (AvgIpc) is 2.19. The van der Waals surface area contributed by atoms with Crippen molar-refractivity contribution in [3.8, 4) is 0 Å². The van der Waals surface area contributed by atoms with Gasteiger partial charge < -0.3 is 0 Å². The summed E-state index contributed by atoms with van der Waals surface area (Å²) in [4.78, 5) is 3.25. The molecule has 0 saturated heterocycles. The first kappa shape index (κ1) is 9.50. The molecular weight excluding hydrogens is 172 g/mol. The summed E-state index contributed by atoms with van der Waals surface area (Å²) in [6.45, 7) is 2.12. The highest BCUT2D eigenvalue weighted by Crippen LogP contribution is 2.20. The van der Waals surface area contributed by atoms with E-state index in [4.69, 9.17) is 0 Å². The maximum Gasteiger partial charge on any atom is 0.272 e. The van der Waals surface area contributed by atoms with Gasteiger partial charge in [0.05, 0.1) is 12.2 Å². The molecule has 0 aliphatic heterocycles. The largest absolute Gasteiger partial charge is 0.272 e. The minimum absolute atomic E-state index is 0.682. The Labute approximate surface area is 85.7 Å². The summed E-state index contributed by atoms with van der Waals surface area (Å²) in [7, 11) is 0. The smallest absolute Gasteiger partial charge is 0.272 e. The molecule has 2 nitrogen and oxygen atoms in total. The van der Waals surface area contributed by atoms with E-state index in [1.165, 1.54) is 37.7 Å². The summed E-state index contributed by atoms with van der Waals surface area (Å²) in [5.74, 6) is 1.16. The van der Waals surface area contributed by atoms with Crippen molar-refractivity contribution < 1.29 is 4.98 Å². The van der Waals surface area contributed by atoms with Crippen LogP contribution in [-0.4, -0.2) is 6.04 Å². The summed E-state index contributed by atoms with van der Waals surface area (Å²) >= 11 is 0. The molecule has 1 aromatic heterocycles. The molecule has 1 heterocycles. The summed E-state index contributed by atoms with van der Waals surface area (Å²) in [6.07, 6.45) is 8.81. The van der Waals surface area contributed by atoms with Crippen molar-refractivity contribution in [2.24, 2.45) is 0 Å². The summed E-state index contributed by atoms with van der Waals surface area (Å²) in [5.41, 5.74) is 1.31. The Morgan fingerprint density at radius 2 is 2.07 bits per heavy atom. The van der Waals surface area contributed by atoms with Gasteiger partial charge in [-0.15, -0.1) is 0 Å². The van der Waals surface area contributed by atoms with Crippen LogP contribution in [0, 0.1) is 6.92 Å².